The van der Waals surface area contributed by atoms with E-state index in [1.165, 1.54) is 37.5 Å². The molecule has 2 aromatic rings. The second-order valence-corrected chi connectivity index (χ2v) is 6.64. The first kappa shape index (κ1) is 19.6. The molecule has 6 heteroatoms. The normalized spacial score (nSPS) is 14.1. The molecule has 0 bridgehead atoms. The molecule has 0 unspecified atom stereocenters. The molecule has 1 fully saturated rings. The van der Waals surface area contributed by atoms with Crippen molar-refractivity contribution in [1.82, 2.24) is 0 Å². The monoisotopic (exact) mass is 382 g/mol. The Morgan fingerprint density at radius 2 is 1.82 bits per heavy atom. The summed E-state index contributed by atoms with van der Waals surface area (Å²) in [6.45, 7) is 1.73. The van der Waals surface area contributed by atoms with E-state index in [2.05, 4.69) is 10.2 Å². The number of benzene rings is 2. The fourth-order valence-electron chi connectivity index (χ4n) is 3.06. The van der Waals surface area contributed by atoms with Gasteiger partial charge >= 0.3 is 5.97 Å². The molecule has 1 N–H and O–H groups in total. The number of nitrogens with one attached hydrogen (secondary N) is 1. The minimum Gasteiger partial charge on any atom is -0.452 e. The molecule has 1 aliphatic rings. The van der Waals surface area contributed by atoms with E-state index in [1.807, 2.05) is 24.3 Å². The highest BCUT2D eigenvalue weighted by atomic mass is 19.1. The van der Waals surface area contributed by atoms with Gasteiger partial charge in [0.15, 0.2) is 6.61 Å². The van der Waals surface area contributed by atoms with Crippen molar-refractivity contribution in [3.63, 3.8) is 0 Å². The number of ether oxygens (including phenoxy) is 1. The number of anilines is 2. The van der Waals surface area contributed by atoms with Crippen LogP contribution in [0, 0.1) is 5.82 Å². The van der Waals surface area contributed by atoms with Crippen LogP contribution in [-0.2, 0) is 14.3 Å². The third kappa shape index (κ3) is 5.94. The van der Waals surface area contributed by atoms with Gasteiger partial charge in [0, 0.05) is 30.5 Å². The Morgan fingerprint density at radius 3 is 2.54 bits per heavy atom. The van der Waals surface area contributed by atoms with E-state index in [0.717, 1.165) is 24.9 Å². The smallest absolute Gasteiger partial charge is 0.331 e. The van der Waals surface area contributed by atoms with Crippen LogP contribution in [0.25, 0.3) is 6.08 Å². The van der Waals surface area contributed by atoms with Crippen LogP contribution < -0.4 is 10.2 Å². The van der Waals surface area contributed by atoms with E-state index in [-0.39, 0.29) is 12.4 Å². The fraction of sp³-hybridized carbons (Fsp3) is 0.273. The van der Waals surface area contributed by atoms with Gasteiger partial charge in [-0.2, -0.15) is 0 Å². The van der Waals surface area contributed by atoms with Crippen molar-refractivity contribution in [2.75, 3.05) is 29.9 Å². The topological polar surface area (TPSA) is 58.6 Å². The number of nitrogens with zero attached hydrogens (tertiary/aromatic N) is 1. The number of hydrogen-bond acceptors (Lipinski definition) is 4. The van der Waals surface area contributed by atoms with E-state index in [1.54, 1.807) is 12.1 Å². The molecule has 1 saturated heterocycles. The molecule has 146 valence electrons. The number of amides is 1. The van der Waals surface area contributed by atoms with Gasteiger partial charge in [0.05, 0.1) is 0 Å². The fourth-order valence-corrected chi connectivity index (χ4v) is 3.06. The number of carbonyl (C=O) groups is 2. The van der Waals surface area contributed by atoms with Crippen molar-refractivity contribution in [3.05, 3.63) is 66.0 Å². The summed E-state index contributed by atoms with van der Waals surface area (Å²) >= 11 is 0. The summed E-state index contributed by atoms with van der Waals surface area (Å²) in [6, 6.07) is 13.5. The first-order chi connectivity index (χ1) is 13.6. The van der Waals surface area contributed by atoms with Gasteiger partial charge in [-0.3, -0.25) is 4.79 Å². The molecule has 3 rings (SSSR count). The third-order valence-electron chi connectivity index (χ3n) is 4.48. The van der Waals surface area contributed by atoms with Gasteiger partial charge in [0.1, 0.15) is 5.82 Å². The Kier molecular flexibility index (Phi) is 6.78. The van der Waals surface area contributed by atoms with Crippen LogP contribution in [0.2, 0.25) is 0 Å². The Morgan fingerprint density at radius 1 is 1.07 bits per heavy atom. The molecular weight excluding hydrogens is 359 g/mol. The van der Waals surface area contributed by atoms with Gasteiger partial charge in [-0.05, 0) is 67.3 Å². The van der Waals surface area contributed by atoms with Gasteiger partial charge in [0.25, 0.3) is 5.91 Å². The van der Waals surface area contributed by atoms with Crippen molar-refractivity contribution in [3.8, 4) is 0 Å². The summed E-state index contributed by atoms with van der Waals surface area (Å²) in [4.78, 5) is 26.0. The average Bonchev–Trinajstić information content (AvgIpc) is 2.72. The third-order valence-corrected chi connectivity index (χ3v) is 4.48. The second-order valence-electron chi connectivity index (χ2n) is 6.64. The second kappa shape index (κ2) is 9.69. The summed E-state index contributed by atoms with van der Waals surface area (Å²) in [6.07, 6.45) is 6.29. The average molecular weight is 382 g/mol. The number of hydrogen-bond donors (Lipinski definition) is 1. The van der Waals surface area contributed by atoms with E-state index >= 15 is 0 Å². The zero-order valence-electron chi connectivity index (χ0n) is 15.6. The molecule has 0 aliphatic carbocycles. The summed E-state index contributed by atoms with van der Waals surface area (Å²) in [5.74, 6) is -1.47. The summed E-state index contributed by atoms with van der Waals surface area (Å²) in [7, 11) is 0. The molecule has 0 saturated carbocycles. The van der Waals surface area contributed by atoms with Crippen LogP contribution in [0.3, 0.4) is 0 Å². The van der Waals surface area contributed by atoms with Gasteiger partial charge in [-0.15, -0.1) is 0 Å². The minimum atomic E-state index is -0.667. The quantitative estimate of drug-likeness (QED) is 0.606. The number of halogens is 1. The number of rotatable bonds is 6. The van der Waals surface area contributed by atoms with Crippen molar-refractivity contribution >= 4 is 29.3 Å². The van der Waals surface area contributed by atoms with E-state index in [4.69, 9.17) is 4.74 Å². The molecule has 2 aromatic carbocycles. The zero-order valence-corrected chi connectivity index (χ0v) is 15.6. The molecule has 0 atom stereocenters. The maximum Gasteiger partial charge on any atom is 0.331 e. The molecule has 1 heterocycles. The molecule has 1 amide bonds. The molecule has 0 radical (unpaired) electrons. The SMILES string of the molecule is O=C(COC(=O)/C=C/c1cccc(F)c1)Nc1ccc(N2CCCCC2)cc1. The maximum atomic E-state index is 13.1. The highest BCUT2D eigenvalue weighted by Gasteiger charge is 2.11. The first-order valence-corrected chi connectivity index (χ1v) is 9.35. The van der Waals surface area contributed by atoms with Crippen molar-refractivity contribution < 1.29 is 18.7 Å². The predicted octanol–water partition coefficient (Wildman–Crippen LogP) is 4.01. The number of carbonyl (C=O) groups excluding carboxylic acids is 2. The van der Waals surface area contributed by atoms with Crippen LogP contribution >= 0.6 is 0 Å². The molecular formula is C22H23FN2O3. The van der Waals surface area contributed by atoms with Crippen molar-refractivity contribution in [1.29, 1.82) is 0 Å². The van der Waals surface area contributed by atoms with Gasteiger partial charge < -0.3 is 15.0 Å². The minimum absolute atomic E-state index is 0.388. The Bertz CT molecular complexity index is 843. The van der Waals surface area contributed by atoms with E-state index in [0.29, 0.717) is 11.3 Å². The van der Waals surface area contributed by atoms with Gasteiger partial charge in [-0.1, -0.05) is 12.1 Å². The molecule has 28 heavy (non-hydrogen) atoms. The lowest BCUT2D eigenvalue weighted by molar-refractivity contribution is -0.142. The van der Waals surface area contributed by atoms with Gasteiger partial charge in [0.2, 0.25) is 0 Å². The molecule has 0 aromatic heterocycles. The van der Waals surface area contributed by atoms with Crippen molar-refractivity contribution in [2.24, 2.45) is 0 Å². The Hall–Kier alpha value is -3.15. The Balaban J connectivity index is 1.44. The molecule has 1 aliphatic heterocycles. The van der Waals surface area contributed by atoms with Crippen LogP contribution in [0.4, 0.5) is 15.8 Å². The lowest BCUT2D eigenvalue weighted by atomic mass is 10.1. The zero-order chi connectivity index (χ0) is 19.8. The van der Waals surface area contributed by atoms with Gasteiger partial charge in [-0.25, -0.2) is 9.18 Å². The number of piperidine rings is 1. The maximum absolute atomic E-state index is 13.1. The summed E-state index contributed by atoms with van der Waals surface area (Å²) in [5, 5.41) is 2.70. The standard InChI is InChI=1S/C22H23FN2O3/c23-18-6-4-5-17(15-18)7-12-22(27)28-16-21(26)24-19-8-10-20(11-9-19)25-13-2-1-3-14-25/h4-12,15H,1-3,13-14,16H2,(H,24,26)/b12-7+. The van der Waals surface area contributed by atoms with E-state index < -0.39 is 11.9 Å². The van der Waals surface area contributed by atoms with Crippen LogP contribution in [0.5, 0.6) is 0 Å². The molecule has 0 spiro atoms. The van der Waals surface area contributed by atoms with Crippen molar-refractivity contribution in [2.45, 2.75) is 19.3 Å². The predicted molar refractivity (Wildman–Crippen MR) is 108 cm³/mol. The van der Waals surface area contributed by atoms with Crippen LogP contribution in [0.15, 0.2) is 54.6 Å². The summed E-state index contributed by atoms with van der Waals surface area (Å²) < 4.78 is 18.0. The lowest BCUT2D eigenvalue weighted by Crippen LogP contribution is -2.29. The van der Waals surface area contributed by atoms with Crippen LogP contribution in [0.1, 0.15) is 24.8 Å². The highest BCUT2D eigenvalue weighted by Crippen LogP contribution is 2.21. The first-order valence-electron chi connectivity index (χ1n) is 9.35. The van der Waals surface area contributed by atoms with Crippen LogP contribution in [-0.4, -0.2) is 31.6 Å². The summed E-state index contributed by atoms with van der Waals surface area (Å²) in [5.41, 5.74) is 2.33. The lowest BCUT2D eigenvalue weighted by Gasteiger charge is -2.28. The largest absolute Gasteiger partial charge is 0.452 e. The highest BCUT2D eigenvalue weighted by molar-refractivity contribution is 5.94. The molecule has 5 nitrogen and oxygen atoms in total. The Labute approximate surface area is 163 Å². The van der Waals surface area contributed by atoms with E-state index in [9.17, 15) is 14.0 Å². The number of esters is 1.